The van der Waals surface area contributed by atoms with Crippen molar-refractivity contribution in [2.24, 2.45) is 0 Å². The molecule has 0 aromatic heterocycles. The summed E-state index contributed by atoms with van der Waals surface area (Å²) in [6, 6.07) is 11.2. The number of allylic oxidation sites excluding steroid dienone is 8. The Morgan fingerprint density at radius 3 is 0.870 bits per heavy atom. The number of nitrogens with zero attached hydrogens (tertiary/aromatic N) is 6. The van der Waals surface area contributed by atoms with Gasteiger partial charge >= 0.3 is 24.7 Å². The van der Waals surface area contributed by atoms with Crippen molar-refractivity contribution < 1.29 is 52.7 Å². The van der Waals surface area contributed by atoms with E-state index in [9.17, 15) is 57.9 Å². The molecule has 3 aromatic carbocycles. The highest BCUT2D eigenvalue weighted by Gasteiger charge is 2.54. The number of nitriles is 6. The molecule has 0 bridgehead atoms. The molecule has 0 N–H and O–H groups in total. The number of halogens is 12. The summed E-state index contributed by atoms with van der Waals surface area (Å²) in [5.74, 6) is 0. The highest BCUT2D eigenvalue weighted by Crippen LogP contribution is 2.63. The van der Waals surface area contributed by atoms with Crippen molar-refractivity contribution in [2.75, 3.05) is 0 Å². The molecule has 0 atom stereocenters. The summed E-state index contributed by atoms with van der Waals surface area (Å²) in [6.07, 6.45) is -21.8. The Kier molecular flexibility index (Phi) is 8.96. The van der Waals surface area contributed by atoms with E-state index in [1.807, 2.05) is 0 Å². The summed E-state index contributed by atoms with van der Waals surface area (Å²) in [7, 11) is 0. The SMILES string of the molecule is N#CC(C#N)=C1C(c2ccc(C(F)(F)F)cc2)=C(C#N)c2c1c(C(F)(F)F)c1c(c2C(F)(F)F)C(=C(C#N)C#N)C(c2ccc(C(F)(F)F)cc2)=C1C#N. The van der Waals surface area contributed by atoms with Gasteiger partial charge in [-0.25, -0.2) is 0 Å². The van der Waals surface area contributed by atoms with Crippen molar-refractivity contribution >= 4 is 33.4 Å². The van der Waals surface area contributed by atoms with Crippen LogP contribution in [0, 0.1) is 68.0 Å². The molecule has 5 rings (SSSR count). The van der Waals surface area contributed by atoms with Crippen LogP contribution in [0.1, 0.15) is 55.6 Å². The number of rotatable bonds is 2. The van der Waals surface area contributed by atoms with Crippen molar-refractivity contribution in [2.45, 2.75) is 24.7 Å². The first kappa shape index (κ1) is 38.0. The van der Waals surface area contributed by atoms with Crippen LogP contribution in [0.3, 0.4) is 0 Å². The molecular formula is C36H8F12N6. The zero-order valence-corrected chi connectivity index (χ0v) is 25.8. The van der Waals surface area contributed by atoms with Crippen LogP contribution in [-0.2, 0) is 24.7 Å². The van der Waals surface area contributed by atoms with Crippen LogP contribution in [0.25, 0.3) is 33.4 Å². The fourth-order valence-corrected chi connectivity index (χ4v) is 6.29. The van der Waals surface area contributed by atoms with Crippen molar-refractivity contribution in [3.05, 3.63) is 115 Å². The van der Waals surface area contributed by atoms with E-state index in [1.165, 1.54) is 36.4 Å². The van der Waals surface area contributed by atoms with Gasteiger partial charge in [-0.15, -0.1) is 0 Å². The summed E-state index contributed by atoms with van der Waals surface area (Å²) in [5.41, 5.74) is -24.9. The highest BCUT2D eigenvalue weighted by atomic mass is 19.4. The summed E-state index contributed by atoms with van der Waals surface area (Å²) >= 11 is 0. The predicted octanol–water partition coefficient (Wildman–Crippen LogP) is 10.3. The fourth-order valence-electron chi connectivity index (χ4n) is 6.29. The molecule has 6 nitrogen and oxygen atoms in total. The smallest absolute Gasteiger partial charge is 0.192 e. The lowest BCUT2D eigenvalue weighted by atomic mass is 9.81. The second-order valence-electron chi connectivity index (χ2n) is 11.1. The van der Waals surface area contributed by atoms with Crippen molar-refractivity contribution in [3.63, 3.8) is 0 Å². The summed E-state index contributed by atoms with van der Waals surface area (Å²) < 4.78 is 174. The van der Waals surface area contributed by atoms with Gasteiger partial charge in [0, 0.05) is 44.5 Å². The number of benzene rings is 3. The first-order chi connectivity index (χ1) is 25.1. The number of alkyl halides is 12. The maximum atomic E-state index is 15.5. The zero-order chi connectivity index (χ0) is 40.3. The minimum Gasteiger partial charge on any atom is -0.192 e. The number of hydrogen-bond acceptors (Lipinski definition) is 6. The molecule has 0 radical (unpaired) electrons. The van der Waals surface area contributed by atoms with E-state index in [-0.39, 0.29) is 0 Å². The van der Waals surface area contributed by atoms with Crippen LogP contribution in [0.15, 0.2) is 59.7 Å². The Morgan fingerprint density at radius 2 is 0.667 bits per heavy atom. The topological polar surface area (TPSA) is 143 Å². The maximum absolute atomic E-state index is 15.5. The number of fused-ring (bicyclic) bond motifs is 2. The van der Waals surface area contributed by atoms with Crippen LogP contribution in [0.4, 0.5) is 52.7 Å². The molecule has 0 unspecified atom stereocenters. The van der Waals surface area contributed by atoms with Gasteiger partial charge in [-0.1, -0.05) is 24.3 Å². The average Bonchev–Trinajstić information content (AvgIpc) is 3.59. The van der Waals surface area contributed by atoms with E-state index >= 15 is 26.3 Å². The highest BCUT2D eigenvalue weighted by molar-refractivity contribution is 6.31. The first-order valence-corrected chi connectivity index (χ1v) is 14.3. The van der Waals surface area contributed by atoms with Crippen LogP contribution < -0.4 is 0 Å². The van der Waals surface area contributed by atoms with E-state index in [0.29, 0.717) is 48.5 Å². The summed E-state index contributed by atoms with van der Waals surface area (Å²) in [4.78, 5) is 0. The Labute approximate surface area is 294 Å². The molecule has 0 saturated carbocycles. The van der Waals surface area contributed by atoms with Crippen molar-refractivity contribution in [3.8, 4) is 36.4 Å². The predicted molar refractivity (Wildman–Crippen MR) is 160 cm³/mol. The summed E-state index contributed by atoms with van der Waals surface area (Å²) in [5, 5.41) is 60.0. The van der Waals surface area contributed by atoms with Crippen LogP contribution in [-0.4, -0.2) is 0 Å². The van der Waals surface area contributed by atoms with Gasteiger partial charge in [0.05, 0.1) is 33.4 Å². The summed E-state index contributed by atoms with van der Waals surface area (Å²) in [6.45, 7) is 0. The van der Waals surface area contributed by atoms with E-state index in [2.05, 4.69) is 0 Å². The van der Waals surface area contributed by atoms with Gasteiger partial charge in [0.25, 0.3) is 0 Å². The number of hydrogen-bond donors (Lipinski definition) is 0. The molecule has 266 valence electrons. The standard InChI is InChI=1S/C36H8F12N6/c37-33(38,39)19-5-1-15(2-6-19)23-21(13-53)27-29(25(23)17(9-49)10-50)32(36(46,47)48)28-22(14-54)24(16-3-7-20(8-4-16)34(40,41)42)26(18(11-51)12-52)30(28)31(27)35(43,44)45/h1-8H. The average molecular weight is 752 g/mol. The van der Waals surface area contributed by atoms with E-state index in [0.717, 1.165) is 0 Å². The molecule has 0 saturated heterocycles. The largest absolute Gasteiger partial charge is 0.417 e. The first-order valence-electron chi connectivity index (χ1n) is 14.3. The van der Waals surface area contributed by atoms with Gasteiger partial charge in [-0.2, -0.15) is 84.3 Å². The van der Waals surface area contributed by atoms with Gasteiger partial charge in [0.15, 0.2) is 0 Å². The molecule has 18 heteroatoms. The Hall–Kier alpha value is -7.28. The molecule has 0 heterocycles. The molecular weight excluding hydrogens is 744 g/mol. The van der Waals surface area contributed by atoms with E-state index in [4.69, 9.17) is 0 Å². The molecule has 2 aliphatic rings. The normalized spacial score (nSPS) is 14.0. The van der Waals surface area contributed by atoms with Gasteiger partial charge in [-0.05, 0) is 35.4 Å². The molecule has 0 spiro atoms. The van der Waals surface area contributed by atoms with Crippen LogP contribution in [0.5, 0.6) is 0 Å². The third kappa shape index (κ3) is 5.87. The minimum absolute atomic E-state index is 0.367. The van der Waals surface area contributed by atoms with E-state index in [1.54, 1.807) is 0 Å². The molecule has 2 aliphatic carbocycles. The zero-order valence-electron chi connectivity index (χ0n) is 25.8. The monoisotopic (exact) mass is 752 g/mol. The van der Waals surface area contributed by atoms with Crippen LogP contribution >= 0.6 is 0 Å². The lowest BCUT2D eigenvalue weighted by molar-refractivity contribution is -0.141. The second kappa shape index (κ2) is 12.7. The van der Waals surface area contributed by atoms with Crippen LogP contribution in [0.2, 0.25) is 0 Å². The Morgan fingerprint density at radius 1 is 0.389 bits per heavy atom. The molecule has 0 aliphatic heterocycles. The molecule has 0 fully saturated rings. The minimum atomic E-state index is -5.89. The molecule has 54 heavy (non-hydrogen) atoms. The third-order valence-electron chi connectivity index (χ3n) is 8.24. The van der Waals surface area contributed by atoms with Gasteiger partial charge in [-0.3, -0.25) is 0 Å². The quantitative estimate of drug-likeness (QED) is 0.188. The fraction of sp³-hybridized carbons (Fsp3) is 0.111. The van der Waals surface area contributed by atoms with Crippen molar-refractivity contribution in [1.82, 2.24) is 0 Å². The van der Waals surface area contributed by atoms with Crippen molar-refractivity contribution in [1.29, 1.82) is 31.6 Å². The maximum Gasteiger partial charge on any atom is 0.417 e. The van der Waals surface area contributed by atoms with Gasteiger partial charge in [0.2, 0.25) is 0 Å². The second-order valence-corrected chi connectivity index (χ2v) is 11.1. The Bertz CT molecular complexity index is 2360. The molecule has 0 amide bonds. The lowest BCUT2D eigenvalue weighted by Crippen LogP contribution is -2.20. The van der Waals surface area contributed by atoms with E-state index < -0.39 is 125 Å². The molecule has 3 aromatic rings. The lowest BCUT2D eigenvalue weighted by Gasteiger charge is -2.24. The van der Waals surface area contributed by atoms with Gasteiger partial charge in [0.1, 0.15) is 47.6 Å². The van der Waals surface area contributed by atoms with Gasteiger partial charge < -0.3 is 0 Å². The third-order valence-corrected chi connectivity index (χ3v) is 8.24. The Balaban J connectivity index is 2.14.